The average molecular weight is 260 g/mol. The van der Waals surface area contributed by atoms with Gasteiger partial charge in [0.25, 0.3) is 0 Å². The summed E-state index contributed by atoms with van der Waals surface area (Å²) >= 11 is 1.98. The number of fused-ring (bicyclic) bond motifs is 4. The molecule has 0 aliphatic carbocycles. The fraction of sp³-hybridized carbons (Fsp3) is 0.600. The van der Waals surface area contributed by atoms with Crippen LogP contribution >= 0.6 is 11.8 Å². The summed E-state index contributed by atoms with van der Waals surface area (Å²) in [5, 5.41) is 0. The van der Waals surface area contributed by atoms with Crippen LogP contribution in [-0.2, 0) is 0 Å². The molecule has 0 radical (unpaired) electrons. The Morgan fingerprint density at radius 2 is 2.11 bits per heavy atom. The van der Waals surface area contributed by atoms with Crippen LogP contribution < -0.4 is 0 Å². The molecule has 5 rings (SSSR count). The predicted octanol–water partition coefficient (Wildman–Crippen LogP) is 2.81. The summed E-state index contributed by atoms with van der Waals surface area (Å²) in [6.45, 7) is 5.05. The van der Waals surface area contributed by atoms with Crippen molar-refractivity contribution in [3.63, 3.8) is 0 Å². The number of hydrogen-bond acceptors (Lipinski definition) is 3. The van der Waals surface area contributed by atoms with Gasteiger partial charge in [0, 0.05) is 22.9 Å². The molecule has 5 aliphatic heterocycles. The number of allylic oxidation sites excluding steroid dienone is 2. The van der Waals surface area contributed by atoms with Crippen molar-refractivity contribution < 1.29 is 0 Å². The van der Waals surface area contributed by atoms with Gasteiger partial charge in [-0.3, -0.25) is 4.90 Å². The molecule has 5 heterocycles. The van der Waals surface area contributed by atoms with E-state index >= 15 is 0 Å². The van der Waals surface area contributed by atoms with Crippen LogP contribution in [0.2, 0.25) is 0 Å². The summed E-state index contributed by atoms with van der Waals surface area (Å²) in [4.78, 5) is 6.73. The molecule has 0 saturated carbocycles. The van der Waals surface area contributed by atoms with E-state index in [0.717, 1.165) is 11.7 Å². The van der Waals surface area contributed by atoms with Crippen molar-refractivity contribution in [3.8, 4) is 0 Å². The molecule has 0 N–H and O–H groups in total. The van der Waals surface area contributed by atoms with Gasteiger partial charge in [0.05, 0.1) is 11.7 Å². The maximum Gasteiger partial charge on any atom is 0.0518 e. The summed E-state index contributed by atoms with van der Waals surface area (Å²) in [5.41, 5.74) is 1.48. The Bertz CT molecular complexity index is 441. The van der Waals surface area contributed by atoms with Gasteiger partial charge in [-0.15, -0.1) is 11.8 Å². The van der Waals surface area contributed by atoms with Gasteiger partial charge in [-0.25, -0.2) is 0 Å². The predicted molar refractivity (Wildman–Crippen MR) is 77.2 cm³/mol. The van der Waals surface area contributed by atoms with E-state index in [1.54, 1.807) is 0 Å². The first-order chi connectivity index (χ1) is 8.84. The lowest BCUT2D eigenvalue weighted by molar-refractivity contribution is -0.00917. The topological polar surface area (TPSA) is 6.48 Å². The van der Waals surface area contributed by atoms with E-state index in [1.807, 2.05) is 11.8 Å². The lowest BCUT2D eigenvalue weighted by atomic mass is 9.78. The van der Waals surface area contributed by atoms with Gasteiger partial charge in [-0.2, -0.15) is 0 Å². The van der Waals surface area contributed by atoms with E-state index in [1.165, 1.54) is 36.5 Å². The summed E-state index contributed by atoms with van der Waals surface area (Å²) < 4.78 is 0. The molecule has 2 nitrogen and oxygen atoms in total. The molecule has 18 heavy (non-hydrogen) atoms. The second-order valence-electron chi connectivity index (χ2n) is 5.78. The summed E-state index contributed by atoms with van der Waals surface area (Å²) in [6, 6.07) is 1.39. The first-order valence-electron chi connectivity index (χ1n) is 7.09. The molecule has 0 aromatic heterocycles. The Balaban J connectivity index is 1.67. The summed E-state index contributed by atoms with van der Waals surface area (Å²) in [6.07, 6.45) is 12.0. The highest BCUT2D eigenvalue weighted by Crippen LogP contribution is 2.43. The molecule has 3 fully saturated rings. The van der Waals surface area contributed by atoms with Gasteiger partial charge in [0.15, 0.2) is 0 Å². The van der Waals surface area contributed by atoms with Crippen molar-refractivity contribution in [2.24, 2.45) is 5.92 Å². The van der Waals surface area contributed by atoms with Crippen molar-refractivity contribution in [1.82, 2.24) is 9.80 Å². The van der Waals surface area contributed by atoms with Gasteiger partial charge in [-0.1, -0.05) is 0 Å². The third kappa shape index (κ3) is 1.53. The zero-order chi connectivity index (χ0) is 12.1. The second kappa shape index (κ2) is 4.17. The Labute approximate surface area is 113 Å². The maximum atomic E-state index is 2.68. The molecule has 5 aliphatic rings. The molecule has 0 spiro atoms. The van der Waals surface area contributed by atoms with Crippen molar-refractivity contribution in [2.45, 2.75) is 31.8 Å². The van der Waals surface area contributed by atoms with Crippen molar-refractivity contribution in [2.75, 3.05) is 18.8 Å². The normalized spacial score (nSPS) is 41.7. The van der Waals surface area contributed by atoms with Crippen LogP contribution in [0.5, 0.6) is 0 Å². The van der Waals surface area contributed by atoms with E-state index < -0.39 is 0 Å². The molecule has 0 unspecified atom stereocenters. The molecule has 2 atom stereocenters. The van der Waals surface area contributed by atoms with E-state index in [-0.39, 0.29) is 0 Å². The van der Waals surface area contributed by atoms with Gasteiger partial charge in [0.1, 0.15) is 0 Å². The first kappa shape index (κ1) is 11.2. The smallest absolute Gasteiger partial charge is 0.0518 e. The average Bonchev–Trinajstić information content (AvgIpc) is 2.88. The third-order valence-corrected chi connectivity index (χ3v) is 5.98. The van der Waals surface area contributed by atoms with E-state index in [0.29, 0.717) is 12.1 Å². The Kier molecular flexibility index (Phi) is 2.59. The van der Waals surface area contributed by atoms with Crippen molar-refractivity contribution >= 4 is 11.8 Å². The van der Waals surface area contributed by atoms with E-state index in [2.05, 4.69) is 41.2 Å². The van der Waals surface area contributed by atoms with Gasteiger partial charge >= 0.3 is 0 Å². The maximum absolute atomic E-state index is 2.68. The minimum atomic E-state index is 0.692. The van der Waals surface area contributed by atoms with Gasteiger partial charge in [0.2, 0.25) is 0 Å². The minimum Gasteiger partial charge on any atom is -0.342 e. The molecular weight excluding hydrogens is 240 g/mol. The van der Waals surface area contributed by atoms with Gasteiger partial charge in [-0.05, 0) is 57.0 Å². The van der Waals surface area contributed by atoms with Crippen molar-refractivity contribution in [3.05, 3.63) is 35.0 Å². The molecule has 3 saturated heterocycles. The first-order valence-corrected chi connectivity index (χ1v) is 8.07. The third-order valence-electron chi connectivity index (χ3n) is 4.99. The quantitative estimate of drug-likeness (QED) is 0.716. The Morgan fingerprint density at radius 3 is 2.89 bits per heavy atom. The van der Waals surface area contributed by atoms with Crippen molar-refractivity contribution in [1.29, 1.82) is 0 Å². The number of rotatable bonds is 1. The fourth-order valence-electron chi connectivity index (χ4n) is 4.05. The molecule has 0 amide bonds. The SMILES string of the molecule is C[C@@H]1[C@H](N2C=CC=C3SCC=C32)C2CCN1CC2. The number of hydrogen-bond donors (Lipinski definition) is 0. The molecule has 0 aromatic carbocycles. The molecule has 0 aromatic rings. The molecule has 2 bridgehead atoms. The summed E-state index contributed by atoms with van der Waals surface area (Å²) in [7, 11) is 0. The van der Waals surface area contributed by atoms with E-state index in [4.69, 9.17) is 0 Å². The highest BCUT2D eigenvalue weighted by atomic mass is 32.2. The highest BCUT2D eigenvalue weighted by Gasteiger charge is 2.43. The zero-order valence-corrected chi connectivity index (χ0v) is 11.7. The van der Waals surface area contributed by atoms with E-state index in [9.17, 15) is 0 Å². The fourth-order valence-corrected chi connectivity index (χ4v) is 4.98. The lowest BCUT2D eigenvalue weighted by Crippen LogP contribution is -2.61. The summed E-state index contributed by atoms with van der Waals surface area (Å²) in [5.74, 6) is 2.04. The molecular formula is C15H20N2S. The number of thioether (sulfide) groups is 1. The van der Waals surface area contributed by atoms with Crippen LogP contribution in [0.1, 0.15) is 19.8 Å². The number of piperidine rings is 3. The van der Waals surface area contributed by atoms with Crippen LogP contribution in [0.3, 0.4) is 0 Å². The van der Waals surface area contributed by atoms with Crippen LogP contribution in [0.25, 0.3) is 0 Å². The van der Waals surface area contributed by atoms with Crippen LogP contribution in [0.4, 0.5) is 0 Å². The number of nitrogens with zero attached hydrogens (tertiary/aromatic N) is 2. The Morgan fingerprint density at radius 1 is 1.28 bits per heavy atom. The largest absolute Gasteiger partial charge is 0.342 e. The van der Waals surface area contributed by atoms with Gasteiger partial charge < -0.3 is 4.90 Å². The minimum absolute atomic E-state index is 0.692. The molecule has 96 valence electrons. The Hall–Kier alpha value is -0.670. The van der Waals surface area contributed by atoms with Crippen LogP contribution in [0, 0.1) is 5.92 Å². The highest BCUT2D eigenvalue weighted by molar-refractivity contribution is 8.03. The van der Waals surface area contributed by atoms with Crippen LogP contribution in [-0.4, -0.2) is 40.7 Å². The standard InChI is InChI=1S/C15H20N2S/c1-11-15(12-4-8-16(11)9-5-12)17-7-2-3-14-13(17)6-10-18-14/h2-3,6-7,11-12,15H,4-5,8-10H2,1H3/t11-,15+/m1/s1. The monoisotopic (exact) mass is 260 g/mol. The lowest BCUT2D eigenvalue weighted by Gasteiger charge is -2.54. The van der Waals surface area contributed by atoms with Crippen LogP contribution in [0.15, 0.2) is 35.0 Å². The molecule has 3 heteroatoms. The zero-order valence-electron chi connectivity index (χ0n) is 10.9. The second-order valence-corrected chi connectivity index (χ2v) is 6.85.